The van der Waals surface area contributed by atoms with E-state index < -0.39 is 10.0 Å². The molecule has 1 amide bonds. The number of hydrogen-bond acceptors (Lipinski definition) is 6. The minimum Gasteiger partial charge on any atom is -0.379 e. The molecule has 8 nitrogen and oxygen atoms in total. The number of nitrogens with one attached hydrogen (secondary N) is 1. The number of anilines is 1. The first-order valence-corrected chi connectivity index (χ1v) is 13.3. The van der Waals surface area contributed by atoms with E-state index >= 15 is 0 Å². The van der Waals surface area contributed by atoms with E-state index in [0.29, 0.717) is 63.9 Å². The van der Waals surface area contributed by atoms with E-state index in [4.69, 9.17) is 9.47 Å². The monoisotopic (exact) mass is 487 g/mol. The third-order valence-corrected chi connectivity index (χ3v) is 8.18. The first kappa shape index (κ1) is 24.7. The zero-order valence-electron chi connectivity index (χ0n) is 19.6. The lowest BCUT2D eigenvalue weighted by Gasteiger charge is -2.32. The summed E-state index contributed by atoms with van der Waals surface area (Å²) in [6, 6.07) is 15.1. The van der Waals surface area contributed by atoms with Crippen LogP contribution in [0.4, 0.5) is 5.69 Å². The molecule has 1 atom stereocenters. The highest BCUT2D eigenvalue weighted by Crippen LogP contribution is 2.30. The third kappa shape index (κ3) is 5.96. The van der Waals surface area contributed by atoms with Gasteiger partial charge < -0.3 is 19.7 Å². The van der Waals surface area contributed by atoms with E-state index in [-0.39, 0.29) is 16.8 Å². The van der Waals surface area contributed by atoms with Gasteiger partial charge in [0.15, 0.2) is 0 Å². The van der Waals surface area contributed by atoms with Crippen LogP contribution in [0.2, 0.25) is 0 Å². The Morgan fingerprint density at radius 3 is 2.29 bits per heavy atom. The van der Waals surface area contributed by atoms with Crippen molar-refractivity contribution in [2.75, 3.05) is 57.5 Å². The van der Waals surface area contributed by atoms with Crippen molar-refractivity contribution in [3.63, 3.8) is 0 Å². The fourth-order valence-electron chi connectivity index (χ4n) is 4.26. The predicted molar refractivity (Wildman–Crippen MR) is 131 cm³/mol. The Labute approximate surface area is 201 Å². The standard InChI is InChI=1S/C25H33N3O5S/c1-20(7-8-21-5-3-2-4-6-21)26-25(29)22-9-10-23(27-11-15-32-16-12-27)24(19-22)34(30,31)28-13-17-33-18-14-28/h2-6,9-10,19-20H,7-8,11-18H2,1H3,(H,26,29)/t20-/m1/s1. The minimum absolute atomic E-state index is 0.0501. The summed E-state index contributed by atoms with van der Waals surface area (Å²) in [5, 5.41) is 3.02. The van der Waals surface area contributed by atoms with Gasteiger partial charge >= 0.3 is 0 Å². The van der Waals surface area contributed by atoms with Crippen LogP contribution in [0.1, 0.15) is 29.3 Å². The molecule has 0 saturated carbocycles. The van der Waals surface area contributed by atoms with E-state index in [1.165, 1.54) is 15.9 Å². The van der Waals surface area contributed by atoms with Gasteiger partial charge in [-0.3, -0.25) is 4.79 Å². The Bertz CT molecular complexity index is 1070. The minimum atomic E-state index is -3.78. The number of amides is 1. The van der Waals surface area contributed by atoms with Crippen molar-refractivity contribution < 1.29 is 22.7 Å². The highest BCUT2D eigenvalue weighted by atomic mass is 32.2. The molecule has 1 N–H and O–H groups in total. The van der Waals surface area contributed by atoms with Gasteiger partial charge in [0.05, 0.1) is 32.1 Å². The van der Waals surface area contributed by atoms with Crippen LogP contribution in [0, 0.1) is 0 Å². The molecule has 2 heterocycles. The van der Waals surface area contributed by atoms with Crippen LogP contribution < -0.4 is 10.2 Å². The molecule has 0 unspecified atom stereocenters. The van der Waals surface area contributed by atoms with Gasteiger partial charge in [-0.2, -0.15) is 4.31 Å². The van der Waals surface area contributed by atoms with Crippen molar-refractivity contribution in [1.29, 1.82) is 0 Å². The summed E-state index contributed by atoms with van der Waals surface area (Å²) in [5.74, 6) is -0.271. The maximum atomic E-state index is 13.6. The van der Waals surface area contributed by atoms with Crippen molar-refractivity contribution in [3.8, 4) is 0 Å². The molecule has 0 aliphatic carbocycles. The zero-order chi connectivity index (χ0) is 24.0. The van der Waals surface area contributed by atoms with Crippen molar-refractivity contribution >= 4 is 21.6 Å². The van der Waals surface area contributed by atoms with E-state index in [2.05, 4.69) is 17.4 Å². The Kier molecular flexibility index (Phi) is 8.20. The highest BCUT2D eigenvalue weighted by Gasteiger charge is 2.31. The molecule has 184 valence electrons. The van der Waals surface area contributed by atoms with Gasteiger partial charge in [-0.15, -0.1) is 0 Å². The van der Waals surface area contributed by atoms with E-state index in [0.717, 1.165) is 12.8 Å². The summed E-state index contributed by atoms with van der Waals surface area (Å²) in [4.78, 5) is 15.2. The molecule has 2 aromatic rings. The number of rotatable bonds is 8. The molecule has 0 radical (unpaired) electrons. The van der Waals surface area contributed by atoms with Gasteiger partial charge in [-0.25, -0.2) is 8.42 Å². The summed E-state index contributed by atoms with van der Waals surface area (Å²) >= 11 is 0. The highest BCUT2D eigenvalue weighted by molar-refractivity contribution is 7.89. The number of sulfonamides is 1. The number of ether oxygens (including phenoxy) is 2. The van der Waals surface area contributed by atoms with Gasteiger partial charge in [-0.05, 0) is 43.5 Å². The molecule has 2 aliphatic rings. The van der Waals surface area contributed by atoms with Crippen molar-refractivity contribution in [2.24, 2.45) is 0 Å². The Hall–Kier alpha value is -2.46. The molecule has 2 aromatic carbocycles. The smallest absolute Gasteiger partial charge is 0.251 e. The van der Waals surface area contributed by atoms with Crippen LogP contribution in [-0.2, 0) is 25.9 Å². The van der Waals surface area contributed by atoms with Crippen LogP contribution in [-0.4, -0.2) is 77.3 Å². The Morgan fingerprint density at radius 1 is 0.971 bits per heavy atom. The molecular weight excluding hydrogens is 454 g/mol. The molecule has 0 spiro atoms. The van der Waals surface area contributed by atoms with Crippen LogP contribution in [0.15, 0.2) is 53.4 Å². The lowest BCUT2D eigenvalue weighted by molar-refractivity contribution is 0.0730. The molecule has 9 heteroatoms. The summed E-state index contributed by atoms with van der Waals surface area (Å²) < 4.78 is 39.4. The SMILES string of the molecule is C[C@H](CCc1ccccc1)NC(=O)c1ccc(N2CCOCC2)c(S(=O)(=O)N2CCOCC2)c1. The van der Waals surface area contributed by atoms with E-state index in [1.54, 1.807) is 12.1 Å². The van der Waals surface area contributed by atoms with E-state index in [9.17, 15) is 13.2 Å². The topological polar surface area (TPSA) is 88.2 Å². The molecular formula is C25H33N3O5S. The summed E-state index contributed by atoms with van der Waals surface area (Å²) in [6.07, 6.45) is 1.65. The molecule has 34 heavy (non-hydrogen) atoms. The van der Waals surface area contributed by atoms with Gasteiger partial charge in [-0.1, -0.05) is 30.3 Å². The molecule has 4 rings (SSSR count). The van der Waals surface area contributed by atoms with Crippen molar-refractivity contribution in [3.05, 3.63) is 59.7 Å². The average Bonchev–Trinajstić information content (AvgIpc) is 2.88. The van der Waals surface area contributed by atoms with Gasteiger partial charge in [0.2, 0.25) is 10.0 Å². The zero-order valence-corrected chi connectivity index (χ0v) is 20.4. The van der Waals surface area contributed by atoms with Crippen molar-refractivity contribution in [2.45, 2.75) is 30.7 Å². The van der Waals surface area contributed by atoms with E-state index in [1.807, 2.05) is 30.0 Å². The summed E-state index contributed by atoms with van der Waals surface area (Å²) in [5.41, 5.74) is 2.18. The number of benzene rings is 2. The molecule has 2 aliphatic heterocycles. The maximum absolute atomic E-state index is 13.6. The summed E-state index contributed by atoms with van der Waals surface area (Å²) in [6.45, 7) is 5.60. The van der Waals surface area contributed by atoms with Crippen LogP contribution in [0.25, 0.3) is 0 Å². The molecule has 0 aromatic heterocycles. The van der Waals surface area contributed by atoms with Gasteiger partial charge in [0.1, 0.15) is 4.90 Å². The fraction of sp³-hybridized carbons (Fsp3) is 0.480. The molecule has 2 saturated heterocycles. The van der Waals surface area contributed by atoms with Crippen LogP contribution >= 0.6 is 0 Å². The predicted octanol–water partition coefficient (Wildman–Crippen LogP) is 2.30. The molecule has 2 fully saturated rings. The number of carbonyl (C=O) groups is 1. The largest absolute Gasteiger partial charge is 0.379 e. The van der Waals surface area contributed by atoms with Gasteiger partial charge in [0, 0.05) is 37.8 Å². The number of aryl methyl sites for hydroxylation is 1. The maximum Gasteiger partial charge on any atom is 0.251 e. The van der Waals surface area contributed by atoms with Crippen LogP contribution in [0.5, 0.6) is 0 Å². The normalized spacial score (nSPS) is 18.4. The summed E-state index contributed by atoms with van der Waals surface area (Å²) in [7, 11) is -3.78. The van der Waals surface area contributed by atoms with Crippen molar-refractivity contribution in [1.82, 2.24) is 9.62 Å². The fourth-order valence-corrected chi connectivity index (χ4v) is 5.91. The first-order chi connectivity index (χ1) is 16.4. The van der Waals surface area contributed by atoms with Crippen LogP contribution in [0.3, 0.4) is 0 Å². The third-order valence-electron chi connectivity index (χ3n) is 6.25. The number of morpholine rings is 2. The number of nitrogens with zero attached hydrogens (tertiary/aromatic N) is 2. The Balaban J connectivity index is 1.54. The number of carbonyl (C=O) groups excluding carboxylic acids is 1. The molecule has 0 bridgehead atoms. The first-order valence-electron chi connectivity index (χ1n) is 11.8. The second-order valence-corrected chi connectivity index (χ2v) is 10.6. The van der Waals surface area contributed by atoms with Gasteiger partial charge in [0.25, 0.3) is 5.91 Å². The average molecular weight is 488 g/mol. The quantitative estimate of drug-likeness (QED) is 0.615. The second-order valence-electron chi connectivity index (χ2n) is 8.70. The number of hydrogen-bond donors (Lipinski definition) is 1. The lowest BCUT2D eigenvalue weighted by atomic mass is 10.1. The lowest BCUT2D eigenvalue weighted by Crippen LogP contribution is -2.42. The Morgan fingerprint density at radius 2 is 1.62 bits per heavy atom. The second kappa shape index (κ2) is 11.3.